The van der Waals surface area contributed by atoms with Gasteiger partial charge >= 0.3 is 0 Å². The molecule has 0 aromatic heterocycles. The highest BCUT2D eigenvalue weighted by atomic mass is 35.5. The largest absolute Gasteiger partial charge is 0.393 e. The standard InChI is InChI=1S/C12H23NO2.ClH/c13-11-3-1-9(2-4-11)12(14)10-5-7-15-8-6-10;/h9-12,14H,1-8,13H2;1H/t9-,11-,12?;. The van der Waals surface area contributed by atoms with Crippen molar-refractivity contribution in [1.82, 2.24) is 0 Å². The van der Waals surface area contributed by atoms with Gasteiger partial charge in [0.25, 0.3) is 0 Å². The van der Waals surface area contributed by atoms with E-state index in [0.29, 0.717) is 17.9 Å². The van der Waals surface area contributed by atoms with Crippen molar-refractivity contribution in [1.29, 1.82) is 0 Å². The molecule has 0 aromatic rings. The molecule has 1 saturated heterocycles. The molecule has 0 amide bonds. The summed E-state index contributed by atoms with van der Waals surface area (Å²) in [6, 6.07) is 0.378. The number of halogens is 1. The molecule has 1 atom stereocenters. The first-order valence-corrected chi connectivity index (χ1v) is 6.29. The van der Waals surface area contributed by atoms with Gasteiger partial charge in [0.2, 0.25) is 0 Å². The lowest BCUT2D eigenvalue weighted by Gasteiger charge is -2.35. The van der Waals surface area contributed by atoms with Crippen LogP contribution in [-0.2, 0) is 4.74 Å². The monoisotopic (exact) mass is 249 g/mol. The first-order valence-electron chi connectivity index (χ1n) is 6.29. The van der Waals surface area contributed by atoms with Crippen molar-refractivity contribution in [3.05, 3.63) is 0 Å². The highest BCUT2D eigenvalue weighted by Gasteiger charge is 2.31. The summed E-state index contributed by atoms with van der Waals surface area (Å²) >= 11 is 0. The summed E-state index contributed by atoms with van der Waals surface area (Å²) in [6.07, 6.45) is 6.35. The van der Waals surface area contributed by atoms with Crippen LogP contribution < -0.4 is 5.73 Å². The van der Waals surface area contributed by atoms with Crippen molar-refractivity contribution < 1.29 is 9.84 Å². The molecular weight excluding hydrogens is 226 g/mol. The number of nitrogens with two attached hydrogens (primary N) is 1. The van der Waals surface area contributed by atoms with Gasteiger partial charge in [0.1, 0.15) is 0 Å². The van der Waals surface area contributed by atoms with E-state index in [1.54, 1.807) is 0 Å². The Hall–Kier alpha value is 0.170. The zero-order valence-electron chi connectivity index (χ0n) is 9.81. The van der Waals surface area contributed by atoms with Crippen LogP contribution in [0, 0.1) is 11.8 Å². The van der Waals surface area contributed by atoms with Crippen LogP contribution >= 0.6 is 12.4 Å². The van der Waals surface area contributed by atoms with E-state index in [9.17, 15) is 5.11 Å². The Balaban J connectivity index is 0.00000128. The summed E-state index contributed by atoms with van der Waals surface area (Å²) in [6.45, 7) is 1.65. The molecule has 0 spiro atoms. The number of hydrogen-bond donors (Lipinski definition) is 2. The lowest BCUT2D eigenvalue weighted by molar-refractivity contribution is -0.0259. The Morgan fingerprint density at radius 2 is 1.44 bits per heavy atom. The van der Waals surface area contributed by atoms with Crippen LogP contribution in [0.5, 0.6) is 0 Å². The second-order valence-corrected chi connectivity index (χ2v) is 5.12. The molecule has 2 rings (SSSR count). The molecule has 3 nitrogen and oxygen atoms in total. The van der Waals surface area contributed by atoms with Crippen LogP contribution in [0.15, 0.2) is 0 Å². The van der Waals surface area contributed by atoms with Crippen molar-refractivity contribution in [2.75, 3.05) is 13.2 Å². The molecule has 0 radical (unpaired) electrons. The third kappa shape index (κ3) is 3.59. The number of ether oxygens (including phenoxy) is 1. The van der Waals surface area contributed by atoms with Gasteiger partial charge < -0.3 is 15.6 Å². The smallest absolute Gasteiger partial charge is 0.0598 e. The van der Waals surface area contributed by atoms with Crippen LogP contribution in [0.3, 0.4) is 0 Å². The van der Waals surface area contributed by atoms with Crippen molar-refractivity contribution >= 4 is 12.4 Å². The van der Waals surface area contributed by atoms with Crippen LogP contribution in [-0.4, -0.2) is 30.5 Å². The summed E-state index contributed by atoms with van der Waals surface area (Å²) < 4.78 is 5.32. The average Bonchev–Trinajstić information content (AvgIpc) is 2.30. The quantitative estimate of drug-likeness (QED) is 0.784. The first kappa shape index (κ1) is 14.2. The lowest BCUT2D eigenvalue weighted by Crippen LogP contribution is -2.37. The highest BCUT2D eigenvalue weighted by Crippen LogP contribution is 2.32. The highest BCUT2D eigenvalue weighted by molar-refractivity contribution is 5.85. The zero-order chi connectivity index (χ0) is 10.7. The summed E-state index contributed by atoms with van der Waals surface area (Å²) in [5, 5.41) is 10.3. The number of rotatable bonds is 2. The predicted molar refractivity (Wildman–Crippen MR) is 66.7 cm³/mol. The zero-order valence-corrected chi connectivity index (χ0v) is 10.6. The van der Waals surface area contributed by atoms with E-state index in [2.05, 4.69) is 0 Å². The van der Waals surface area contributed by atoms with Crippen molar-refractivity contribution in [2.45, 2.75) is 50.7 Å². The molecule has 3 N–H and O–H groups in total. The van der Waals surface area contributed by atoms with E-state index >= 15 is 0 Å². The van der Waals surface area contributed by atoms with Gasteiger partial charge in [-0.25, -0.2) is 0 Å². The molecule has 1 heterocycles. The normalized spacial score (nSPS) is 34.1. The Morgan fingerprint density at radius 3 is 2.00 bits per heavy atom. The molecule has 1 unspecified atom stereocenters. The molecular formula is C12H24ClNO2. The lowest BCUT2D eigenvalue weighted by atomic mass is 9.77. The van der Waals surface area contributed by atoms with Crippen LogP contribution in [0.1, 0.15) is 38.5 Å². The van der Waals surface area contributed by atoms with E-state index in [4.69, 9.17) is 10.5 Å². The van der Waals surface area contributed by atoms with E-state index in [0.717, 1.165) is 51.7 Å². The Labute approximate surface area is 104 Å². The minimum absolute atomic E-state index is 0. The van der Waals surface area contributed by atoms with Crippen molar-refractivity contribution in [2.24, 2.45) is 17.6 Å². The van der Waals surface area contributed by atoms with Crippen LogP contribution in [0.4, 0.5) is 0 Å². The molecule has 1 aliphatic carbocycles. The molecule has 4 heteroatoms. The fourth-order valence-electron chi connectivity index (χ4n) is 2.93. The maximum atomic E-state index is 10.3. The molecule has 0 bridgehead atoms. The second-order valence-electron chi connectivity index (χ2n) is 5.12. The Morgan fingerprint density at radius 1 is 0.938 bits per heavy atom. The molecule has 0 aromatic carbocycles. The Bertz CT molecular complexity index is 189. The van der Waals surface area contributed by atoms with Gasteiger partial charge in [0.05, 0.1) is 6.10 Å². The summed E-state index contributed by atoms with van der Waals surface area (Å²) in [5.74, 6) is 0.964. The summed E-state index contributed by atoms with van der Waals surface area (Å²) in [4.78, 5) is 0. The van der Waals surface area contributed by atoms with Gasteiger partial charge in [-0.3, -0.25) is 0 Å². The molecule has 2 fully saturated rings. The summed E-state index contributed by atoms with van der Waals surface area (Å²) in [7, 11) is 0. The summed E-state index contributed by atoms with van der Waals surface area (Å²) in [5.41, 5.74) is 5.87. The average molecular weight is 250 g/mol. The molecule has 96 valence electrons. The van der Waals surface area contributed by atoms with Crippen LogP contribution in [0.25, 0.3) is 0 Å². The number of aliphatic hydroxyl groups excluding tert-OH is 1. The molecule has 2 aliphatic rings. The SMILES string of the molecule is Cl.N[C@H]1CC[C@H](C(O)C2CCOCC2)CC1. The maximum Gasteiger partial charge on any atom is 0.0598 e. The fraction of sp³-hybridized carbons (Fsp3) is 1.00. The van der Waals surface area contributed by atoms with Gasteiger partial charge in [-0.15, -0.1) is 12.4 Å². The van der Waals surface area contributed by atoms with Crippen LogP contribution in [0.2, 0.25) is 0 Å². The number of hydrogen-bond acceptors (Lipinski definition) is 3. The number of aliphatic hydroxyl groups is 1. The minimum atomic E-state index is -0.110. The van der Waals surface area contributed by atoms with Crippen molar-refractivity contribution in [3.8, 4) is 0 Å². The topological polar surface area (TPSA) is 55.5 Å². The predicted octanol–water partition coefficient (Wildman–Crippen LogP) is 1.71. The van der Waals surface area contributed by atoms with Gasteiger partial charge in [-0.1, -0.05) is 0 Å². The Kier molecular flexibility index (Phi) is 6.05. The molecule has 16 heavy (non-hydrogen) atoms. The van der Waals surface area contributed by atoms with Gasteiger partial charge in [-0.2, -0.15) is 0 Å². The third-order valence-corrected chi connectivity index (χ3v) is 4.05. The van der Waals surface area contributed by atoms with Gasteiger partial charge in [0.15, 0.2) is 0 Å². The second kappa shape index (κ2) is 6.80. The van der Waals surface area contributed by atoms with E-state index in [1.807, 2.05) is 0 Å². The molecule has 1 aliphatic heterocycles. The third-order valence-electron chi connectivity index (χ3n) is 4.05. The first-order chi connectivity index (χ1) is 7.27. The van der Waals surface area contributed by atoms with Gasteiger partial charge in [-0.05, 0) is 50.4 Å². The van der Waals surface area contributed by atoms with E-state index in [1.165, 1.54) is 0 Å². The van der Waals surface area contributed by atoms with E-state index < -0.39 is 0 Å². The fourth-order valence-corrected chi connectivity index (χ4v) is 2.93. The van der Waals surface area contributed by atoms with Crippen molar-refractivity contribution in [3.63, 3.8) is 0 Å². The molecule has 1 saturated carbocycles. The van der Waals surface area contributed by atoms with E-state index in [-0.39, 0.29) is 18.5 Å². The maximum absolute atomic E-state index is 10.3. The van der Waals surface area contributed by atoms with Gasteiger partial charge in [0, 0.05) is 19.3 Å². The minimum Gasteiger partial charge on any atom is -0.393 e.